The van der Waals surface area contributed by atoms with Crippen molar-refractivity contribution in [1.82, 2.24) is 0 Å². The third-order valence-electron chi connectivity index (χ3n) is 21.7. The highest BCUT2D eigenvalue weighted by molar-refractivity contribution is 7.47. The maximum absolute atomic E-state index is 13.1. The maximum Gasteiger partial charge on any atom is 0.472 e. The number of unbranched alkanes of at least 4 members (excludes halogenated alkanes) is 47. The van der Waals surface area contributed by atoms with Crippen LogP contribution >= 0.6 is 15.6 Å². The third kappa shape index (κ3) is 99.6. The number of allylic oxidation sites excluding steroid dienone is 26. The fraction of sp³-hybridized carbons (Fsp3) is 0.729. The minimum absolute atomic E-state index is 0.0981. The molecule has 0 aromatic rings. The number of aliphatic hydroxyl groups excluding tert-OH is 2. The fourth-order valence-corrected chi connectivity index (χ4v) is 15.6. The molecule has 0 amide bonds. The van der Waals surface area contributed by atoms with Crippen molar-refractivity contribution in [1.29, 1.82) is 0 Å². The first kappa shape index (κ1) is 120. The van der Waals surface area contributed by atoms with Crippen LogP contribution in [0.3, 0.4) is 0 Å². The molecule has 125 heavy (non-hydrogen) atoms. The summed E-state index contributed by atoms with van der Waals surface area (Å²) >= 11 is 0. The van der Waals surface area contributed by atoms with E-state index in [0.717, 1.165) is 141 Å². The van der Waals surface area contributed by atoms with Gasteiger partial charge in [-0.3, -0.25) is 32.5 Å². The summed E-state index contributed by atoms with van der Waals surface area (Å²) in [6.07, 6.45) is 127. The minimum Gasteiger partial charge on any atom is -0.463 e. The first-order chi connectivity index (χ1) is 61.2. The van der Waals surface area contributed by atoms with Gasteiger partial charge in [0, 0.05) is 19.3 Å². The van der Waals surface area contributed by atoms with Crippen LogP contribution in [0.4, 0.5) is 0 Å². The second kappa shape index (κ2) is 98.2. The lowest BCUT2D eigenvalue weighted by atomic mass is 10.0. The zero-order valence-corrected chi connectivity index (χ0v) is 81.5. The van der Waals surface area contributed by atoms with Crippen LogP contribution in [0.5, 0.6) is 0 Å². The molecule has 0 aliphatic rings. The van der Waals surface area contributed by atoms with E-state index in [9.17, 15) is 43.5 Å². The smallest absolute Gasteiger partial charge is 0.463 e. The number of carbonyl (C=O) groups is 3. The Bertz CT molecular complexity index is 2900. The van der Waals surface area contributed by atoms with Gasteiger partial charge in [-0.2, -0.15) is 0 Å². The van der Waals surface area contributed by atoms with Crippen LogP contribution in [0.1, 0.15) is 445 Å². The Labute approximate surface area is 765 Å². The van der Waals surface area contributed by atoms with Gasteiger partial charge in [0.2, 0.25) is 0 Å². The summed E-state index contributed by atoms with van der Waals surface area (Å²) in [5, 5.41) is 20.8. The average Bonchev–Trinajstić information content (AvgIpc) is 0.904. The normalized spacial score (nSPS) is 14.3. The van der Waals surface area contributed by atoms with Gasteiger partial charge < -0.3 is 34.2 Å². The van der Waals surface area contributed by atoms with E-state index in [-0.39, 0.29) is 19.3 Å². The number of phosphoric ester groups is 2. The number of carbonyl (C=O) groups excluding carboxylic acids is 3. The summed E-state index contributed by atoms with van der Waals surface area (Å²) in [5.74, 6) is -1.56. The summed E-state index contributed by atoms with van der Waals surface area (Å²) in [7, 11) is -9.82. The van der Waals surface area contributed by atoms with E-state index in [1.165, 1.54) is 244 Å². The molecular weight excluding hydrogens is 1600 g/mol. The van der Waals surface area contributed by atoms with Crippen LogP contribution in [0.2, 0.25) is 0 Å². The Morgan fingerprint density at radius 1 is 0.232 bits per heavy atom. The van der Waals surface area contributed by atoms with E-state index in [4.69, 9.17) is 32.3 Å². The Balaban J connectivity index is 4.62. The summed E-state index contributed by atoms with van der Waals surface area (Å²) in [6.45, 7) is 2.59. The van der Waals surface area contributed by atoms with Gasteiger partial charge in [-0.1, -0.05) is 429 Å². The maximum atomic E-state index is 13.1. The highest BCUT2D eigenvalue weighted by Gasteiger charge is 2.30. The molecule has 0 rings (SSSR count). The first-order valence-corrected chi connectivity index (χ1v) is 53.8. The number of phosphoric acid groups is 2. The van der Waals surface area contributed by atoms with E-state index < -0.39 is 91.5 Å². The lowest BCUT2D eigenvalue weighted by molar-refractivity contribution is -0.161. The lowest BCUT2D eigenvalue weighted by Crippen LogP contribution is -2.30. The predicted molar refractivity (Wildman–Crippen MR) is 528 cm³/mol. The van der Waals surface area contributed by atoms with E-state index in [0.29, 0.717) is 19.3 Å². The molecule has 0 fully saturated rings. The van der Waals surface area contributed by atoms with Crippen LogP contribution in [-0.2, 0) is 55.8 Å². The van der Waals surface area contributed by atoms with E-state index >= 15 is 0 Å². The van der Waals surface area contributed by atoms with Crippen molar-refractivity contribution in [3.63, 3.8) is 0 Å². The van der Waals surface area contributed by atoms with Crippen molar-refractivity contribution in [2.75, 3.05) is 39.6 Å². The molecule has 0 spiro atoms. The largest absolute Gasteiger partial charge is 0.472 e. The van der Waals surface area contributed by atoms with Gasteiger partial charge >= 0.3 is 33.6 Å². The number of esters is 3. The van der Waals surface area contributed by atoms with Crippen molar-refractivity contribution >= 4 is 33.6 Å². The molecule has 0 aromatic carbocycles. The number of ether oxygens (including phenoxy) is 3. The average molecular weight is 1790 g/mol. The molecule has 0 aliphatic carbocycles. The molecule has 0 aromatic heterocycles. The number of hydrogen-bond acceptors (Lipinski definition) is 14. The van der Waals surface area contributed by atoms with Crippen molar-refractivity contribution in [3.05, 3.63) is 158 Å². The molecule has 0 heterocycles. The molecule has 5 unspecified atom stereocenters. The molecule has 0 saturated heterocycles. The van der Waals surface area contributed by atoms with Gasteiger partial charge in [0.15, 0.2) is 6.10 Å². The predicted octanol–water partition coefficient (Wildman–Crippen LogP) is 32.0. The molecule has 18 heteroatoms. The van der Waals surface area contributed by atoms with Crippen molar-refractivity contribution in [2.45, 2.75) is 463 Å². The van der Waals surface area contributed by atoms with E-state index in [2.05, 4.69) is 179 Å². The molecule has 0 bridgehead atoms. The second-order valence-corrected chi connectivity index (χ2v) is 36.8. The lowest BCUT2D eigenvalue weighted by Gasteiger charge is -2.21. The number of aliphatic hydroxyl groups is 2. The zero-order chi connectivity index (χ0) is 90.7. The van der Waals surface area contributed by atoms with Crippen molar-refractivity contribution in [3.8, 4) is 0 Å². The van der Waals surface area contributed by atoms with Gasteiger partial charge in [0.25, 0.3) is 0 Å². The molecular formula is C107H186O16P2. The Hall–Kier alpha value is -4.83. The highest BCUT2D eigenvalue weighted by Crippen LogP contribution is 2.45. The summed E-state index contributed by atoms with van der Waals surface area (Å²) < 4.78 is 61.7. The van der Waals surface area contributed by atoms with Gasteiger partial charge in [0.1, 0.15) is 25.4 Å². The fourth-order valence-electron chi connectivity index (χ4n) is 14.0. The molecule has 5 atom stereocenters. The van der Waals surface area contributed by atoms with Gasteiger partial charge in [-0.15, -0.1) is 0 Å². The zero-order valence-electron chi connectivity index (χ0n) is 79.7. The topological polar surface area (TPSA) is 231 Å². The van der Waals surface area contributed by atoms with Gasteiger partial charge in [0.05, 0.1) is 26.4 Å². The molecule has 0 aliphatic heterocycles. The van der Waals surface area contributed by atoms with Crippen LogP contribution in [0.25, 0.3) is 0 Å². The van der Waals surface area contributed by atoms with Crippen LogP contribution < -0.4 is 0 Å². The van der Waals surface area contributed by atoms with Crippen LogP contribution in [0, 0.1) is 0 Å². The minimum atomic E-state index is -4.95. The molecule has 720 valence electrons. The molecule has 0 saturated carbocycles. The van der Waals surface area contributed by atoms with Gasteiger partial charge in [-0.25, -0.2) is 9.13 Å². The highest BCUT2D eigenvalue weighted by atomic mass is 31.2. The quantitative estimate of drug-likeness (QED) is 0.0146. The number of hydrogen-bond donors (Lipinski definition) is 4. The Morgan fingerprint density at radius 3 is 0.672 bits per heavy atom. The second-order valence-electron chi connectivity index (χ2n) is 33.9. The monoisotopic (exact) mass is 1790 g/mol. The third-order valence-corrected chi connectivity index (χ3v) is 23.6. The Morgan fingerprint density at radius 2 is 0.424 bits per heavy atom. The van der Waals surface area contributed by atoms with Crippen LogP contribution in [-0.4, -0.2) is 95.9 Å². The molecule has 4 N–H and O–H groups in total. The summed E-state index contributed by atoms with van der Waals surface area (Å²) in [6, 6.07) is 0. The number of rotatable bonds is 96. The first-order valence-electron chi connectivity index (χ1n) is 50.8. The van der Waals surface area contributed by atoms with Crippen molar-refractivity contribution in [2.24, 2.45) is 0 Å². The Kier molecular flexibility index (Phi) is 94.4. The SMILES string of the molecule is CC/C=C\C/C=C\C/C=C\C/C=C\C/C=C\CCCCCCCCCCCCCC(=O)OC(COC(=O)CCCCCCCCCCCCCCCCC/C=C\C/C=C\C/C=C\C/C=C\CCCCC)COP(=O)(O)OCC(O)COP(=O)(O)OCC(O)COC(=O)CCCCCCCCCCCCCCCCC/C=C\C/C=C\C/C=C\C/C=C\CCCCC. The molecule has 16 nitrogen and oxygen atoms in total. The van der Waals surface area contributed by atoms with Gasteiger partial charge in [-0.05, 0) is 154 Å². The summed E-state index contributed by atoms with van der Waals surface area (Å²) in [5.41, 5.74) is 0. The van der Waals surface area contributed by atoms with E-state index in [1.807, 2.05) is 0 Å². The summed E-state index contributed by atoms with van der Waals surface area (Å²) in [4.78, 5) is 59.2. The van der Waals surface area contributed by atoms with Crippen LogP contribution in [0.15, 0.2) is 158 Å². The molecule has 0 radical (unpaired) electrons. The standard InChI is InChI=1S/C107H186O16P2/c1-4-7-10-13-16-19-22-25-28-31-34-37-40-43-46-48-50-52-55-57-60-63-66-69-72-75-78-81-84-87-90-93-105(110)117-96-102(108)97-119-124(113,114)120-98-103(109)99-121-125(115,116)122-101-104(123-107(112)95-92-89-86-83-80-77-74-71-68-65-62-59-54-45-42-39-36-33-30-27-24-21-18-15-12-9-6-3)100-118-106(111)94-91-88-85-82-79-76-73-70-67-64-61-58-56-53-51-49-47-44-41-38-35-32-29-26-23-20-17-14-11-8-5-2/h9,12,16-21,25-30,34-39,43-47,54,102-104,108-109H,4-8,10-11,13-15,22-24,31-33,40-42,48-53,55-101H2,1-3H3,(H,113,114)(H,115,116)/b12-9-,19-16-,20-17-,21-18-,28-25-,29-26-,30-27-,37-34-,38-35-,39-36-,46-43-,47-44-,54-45-. The van der Waals surface area contributed by atoms with E-state index in [1.54, 1.807) is 0 Å². The van der Waals surface area contributed by atoms with Crippen molar-refractivity contribution < 1.29 is 75.8 Å².